The van der Waals surface area contributed by atoms with Crippen molar-refractivity contribution in [2.75, 3.05) is 5.32 Å². The van der Waals surface area contributed by atoms with E-state index in [0.29, 0.717) is 17.9 Å². The van der Waals surface area contributed by atoms with Gasteiger partial charge in [0.05, 0.1) is 5.69 Å². The van der Waals surface area contributed by atoms with Crippen molar-refractivity contribution in [3.8, 4) is 5.75 Å². The van der Waals surface area contributed by atoms with Crippen LogP contribution >= 0.6 is 0 Å². The minimum atomic E-state index is -0.138. The predicted molar refractivity (Wildman–Crippen MR) is 115 cm³/mol. The molecule has 2 aromatic carbocycles. The molecule has 1 N–H and O–H groups in total. The molecular formula is C24H23N3O2. The Balaban J connectivity index is 1.40. The van der Waals surface area contributed by atoms with Crippen LogP contribution in [-0.2, 0) is 6.61 Å². The van der Waals surface area contributed by atoms with Crippen molar-refractivity contribution in [1.82, 2.24) is 9.38 Å². The Kier molecular flexibility index (Phi) is 5.04. The van der Waals surface area contributed by atoms with E-state index in [4.69, 9.17) is 4.74 Å². The van der Waals surface area contributed by atoms with Crippen LogP contribution in [0.15, 0.2) is 67.0 Å². The fraction of sp³-hybridized carbons (Fsp3) is 0.167. The van der Waals surface area contributed by atoms with Gasteiger partial charge in [-0.15, -0.1) is 0 Å². The Morgan fingerprint density at radius 1 is 0.966 bits per heavy atom. The topological polar surface area (TPSA) is 55.6 Å². The van der Waals surface area contributed by atoms with Gasteiger partial charge in [0.25, 0.3) is 5.91 Å². The molecule has 0 aliphatic carbocycles. The number of benzene rings is 2. The normalized spacial score (nSPS) is 10.9. The first-order chi connectivity index (χ1) is 14.0. The lowest BCUT2D eigenvalue weighted by Gasteiger charge is -2.10. The van der Waals surface area contributed by atoms with Crippen LogP contribution < -0.4 is 10.1 Å². The lowest BCUT2D eigenvalue weighted by atomic mass is 10.1. The number of aryl methyl sites for hydroxylation is 3. The number of hydrogen-bond donors (Lipinski definition) is 1. The van der Waals surface area contributed by atoms with Gasteiger partial charge >= 0.3 is 0 Å². The molecule has 0 saturated heterocycles. The van der Waals surface area contributed by atoms with E-state index in [-0.39, 0.29) is 5.91 Å². The number of amides is 1. The van der Waals surface area contributed by atoms with E-state index in [1.807, 2.05) is 67.9 Å². The number of nitrogens with zero attached hydrogens (tertiary/aromatic N) is 2. The van der Waals surface area contributed by atoms with Crippen molar-refractivity contribution in [1.29, 1.82) is 0 Å². The Morgan fingerprint density at radius 3 is 2.52 bits per heavy atom. The first-order valence-electron chi connectivity index (χ1n) is 9.54. The molecule has 0 saturated carbocycles. The molecule has 2 aromatic heterocycles. The summed E-state index contributed by atoms with van der Waals surface area (Å²) in [6.07, 6.45) is 4.00. The maximum absolute atomic E-state index is 12.5. The molecule has 0 unspecified atom stereocenters. The molecule has 2 heterocycles. The van der Waals surface area contributed by atoms with Crippen molar-refractivity contribution < 1.29 is 9.53 Å². The van der Waals surface area contributed by atoms with Crippen LogP contribution in [0.2, 0.25) is 0 Å². The van der Waals surface area contributed by atoms with Gasteiger partial charge in [0.2, 0.25) is 0 Å². The number of anilines is 1. The van der Waals surface area contributed by atoms with Crippen molar-refractivity contribution >= 4 is 17.2 Å². The summed E-state index contributed by atoms with van der Waals surface area (Å²) >= 11 is 0. The number of nitrogens with one attached hydrogen (secondary N) is 1. The zero-order valence-electron chi connectivity index (χ0n) is 16.8. The lowest BCUT2D eigenvalue weighted by molar-refractivity contribution is 0.102. The largest absolute Gasteiger partial charge is 0.487 e. The van der Waals surface area contributed by atoms with E-state index in [1.54, 1.807) is 24.3 Å². The van der Waals surface area contributed by atoms with E-state index in [1.165, 1.54) is 5.56 Å². The number of pyridine rings is 1. The van der Waals surface area contributed by atoms with Crippen LogP contribution in [0.4, 0.5) is 5.69 Å². The van der Waals surface area contributed by atoms with Gasteiger partial charge in [0.1, 0.15) is 18.0 Å². The van der Waals surface area contributed by atoms with Gasteiger partial charge in [-0.3, -0.25) is 4.79 Å². The maximum Gasteiger partial charge on any atom is 0.255 e. The molecule has 29 heavy (non-hydrogen) atoms. The Bertz CT molecular complexity index is 1180. The Hall–Kier alpha value is -3.60. The molecule has 146 valence electrons. The number of aromatic nitrogens is 2. The number of carbonyl (C=O) groups is 1. The summed E-state index contributed by atoms with van der Waals surface area (Å²) in [5.74, 6) is 0.558. The third kappa shape index (κ3) is 4.29. The molecule has 0 radical (unpaired) electrons. The van der Waals surface area contributed by atoms with Gasteiger partial charge in [-0.2, -0.15) is 0 Å². The highest BCUT2D eigenvalue weighted by molar-refractivity contribution is 6.04. The zero-order chi connectivity index (χ0) is 20.4. The quantitative estimate of drug-likeness (QED) is 0.520. The summed E-state index contributed by atoms with van der Waals surface area (Å²) in [5.41, 5.74) is 6.49. The smallest absolute Gasteiger partial charge is 0.255 e. The number of rotatable bonds is 5. The van der Waals surface area contributed by atoms with E-state index < -0.39 is 0 Å². The average Bonchev–Trinajstić information content (AvgIpc) is 3.11. The van der Waals surface area contributed by atoms with E-state index in [9.17, 15) is 4.79 Å². The van der Waals surface area contributed by atoms with Crippen molar-refractivity contribution in [3.63, 3.8) is 0 Å². The zero-order valence-corrected chi connectivity index (χ0v) is 16.8. The SMILES string of the molecule is Cc1ccc(C)c(NC(=O)c2ccc(OCc3cn4cc(C)ccc4n3)cc2)c1. The number of carbonyl (C=O) groups excluding carboxylic acids is 1. The lowest BCUT2D eigenvalue weighted by Crippen LogP contribution is -2.12. The fourth-order valence-corrected chi connectivity index (χ4v) is 3.15. The number of imidazole rings is 1. The molecule has 5 heteroatoms. The molecule has 0 atom stereocenters. The molecule has 1 amide bonds. The minimum absolute atomic E-state index is 0.138. The highest BCUT2D eigenvalue weighted by atomic mass is 16.5. The number of ether oxygens (including phenoxy) is 1. The molecule has 0 bridgehead atoms. The summed E-state index contributed by atoms with van der Waals surface area (Å²) in [4.78, 5) is 17.1. The fourth-order valence-electron chi connectivity index (χ4n) is 3.15. The first-order valence-corrected chi connectivity index (χ1v) is 9.54. The molecule has 5 nitrogen and oxygen atoms in total. The molecular weight excluding hydrogens is 362 g/mol. The number of hydrogen-bond acceptors (Lipinski definition) is 3. The first kappa shape index (κ1) is 18.7. The van der Waals surface area contributed by atoms with Crippen LogP contribution in [0.25, 0.3) is 5.65 Å². The van der Waals surface area contributed by atoms with E-state index >= 15 is 0 Å². The van der Waals surface area contributed by atoms with E-state index in [0.717, 1.165) is 28.2 Å². The standard InChI is InChI=1S/C24H23N3O2/c1-16-4-6-18(3)22(12-16)26-24(28)19-7-9-21(10-8-19)29-15-20-14-27-13-17(2)5-11-23(27)25-20/h4-14H,15H2,1-3H3,(H,26,28). The third-order valence-corrected chi connectivity index (χ3v) is 4.79. The molecule has 0 aliphatic heterocycles. The summed E-state index contributed by atoms with van der Waals surface area (Å²) < 4.78 is 7.83. The van der Waals surface area contributed by atoms with Gasteiger partial charge in [-0.25, -0.2) is 4.98 Å². The molecule has 0 aliphatic rings. The molecule has 4 rings (SSSR count). The van der Waals surface area contributed by atoms with Crippen LogP contribution in [-0.4, -0.2) is 15.3 Å². The van der Waals surface area contributed by atoms with Crippen molar-refractivity contribution in [2.45, 2.75) is 27.4 Å². The summed E-state index contributed by atoms with van der Waals surface area (Å²) in [6, 6.07) is 17.2. The van der Waals surface area contributed by atoms with Gasteiger partial charge in [-0.05, 0) is 73.9 Å². The second-order valence-electron chi connectivity index (χ2n) is 7.29. The van der Waals surface area contributed by atoms with Crippen molar-refractivity contribution in [2.24, 2.45) is 0 Å². The van der Waals surface area contributed by atoms with Crippen LogP contribution in [0, 0.1) is 20.8 Å². The van der Waals surface area contributed by atoms with Gasteiger partial charge in [0, 0.05) is 23.6 Å². The predicted octanol–water partition coefficient (Wildman–Crippen LogP) is 5.09. The molecule has 0 fully saturated rings. The van der Waals surface area contributed by atoms with E-state index in [2.05, 4.69) is 10.3 Å². The van der Waals surface area contributed by atoms with Gasteiger partial charge in [0.15, 0.2) is 0 Å². The van der Waals surface area contributed by atoms with Crippen molar-refractivity contribution in [3.05, 3.63) is 94.9 Å². The highest BCUT2D eigenvalue weighted by Crippen LogP contribution is 2.19. The van der Waals surface area contributed by atoms with Crippen LogP contribution in [0.3, 0.4) is 0 Å². The Morgan fingerprint density at radius 2 is 1.72 bits per heavy atom. The van der Waals surface area contributed by atoms with Gasteiger partial charge < -0.3 is 14.5 Å². The monoisotopic (exact) mass is 385 g/mol. The Labute approximate surface area is 170 Å². The van der Waals surface area contributed by atoms with Gasteiger partial charge in [-0.1, -0.05) is 18.2 Å². The summed E-state index contributed by atoms with van der Waals surface area (Å²) in [5, 5.41) is 2.97. The minimum Gasteiger partial charge on any atom is -0.487 e. The molecule has 4 aromatic rings. The highest BCUT2D eigenvalue weighted by Gasteiger charge is 2.09. The second kappa shape index (κ2) is 7.80. The third-order valence-electron chi connectivity index (χ3n) is 4.79. The second-order valence-corrected chi connectivity index (χ2v) is 7.29. The maximum atomic E-state index is 12.5. The summed E-state index contributed by atoms with van der Waals surface area (Å²) in [7, 11) is 0. The summed E-state index contributed by atoms with van der Waals surface area (Å²) in [6.45, 7) is 6.40. The van der Waals surface area contributed by atoms with Crippen LogP contribution in [0.1, 0.15) is 32.7 Å². The average molecular weight is 385 g/mol. The molecule has 0 spiro atoms. The van der Waals surface area contributed by atoms with Crippen LogP contribution in [0.5, 0.6) is 5.75 Å². The number of fused-ring (bicyclic) bond motifs is 1.